The molecule has 1 aromatic heterocycles. The van der Waals surface area contributed by atoms with Crippen LogP contribution >= 0.6 is 0 Å². The topological polar surface area (TPSA) is 39.2 Å². The third-order valence-corrected chi connectivity index (χ3v) is 3.60. The molecule has 2 N–H and O–H groups in total. The van der Waals surface area contributed by atoms with Gasteiger partial charge >= 0.3 is 0 Å². The van der Waals surface area contributed by atoms with Crippen LogP contribution in [0.15, 0.2) is 71.1 Å². The zero-order valence-corrected chi connectivity index (χ0v) is 10.8. The Balaban J connectivity index is 2.16. The normalized spacial score (nSPS) is 11.2. The van der Waals surface area contributed by atoms with Crippen LogP contribution < -0.4 is 5.73 Å². The minimum atomic E-state index is 0.753. The van der Waals surface area contributed by atoms with Crippen molar-refractivity contribution >= 4 is 27.6 Å². The average molecular weight is 259 g/mol. The van der Waals surface area contributed by atoms with E-state index in [1.54, 1.807) is 0 Å². The van der Waals surface area contributed by atoms with Gasteiger partial charge < -0.3 is 10.2 Å². The second-order valence-electron chi connectivity index (χ2n) is 4.90. The molecule has 20 heavy (non-hydrogen) atoms. The number of nitrogens with two attached hydrogens (primary N) is 1. The number of rotatable bonds is 1. The summed E-state index contributed by atoms with van der Waals surface area (Å²) in [7, 11) is 0. The molecule has 0 aliphatic rings. The van der Waals surface area contributed by atoms with E-state index in [2.05, 4.69) is 18.2 Å². The van der Waals surface area contributed by atoms with Crippen molar-refractivity contribution in [3.8, 4) is 11.1 Å². The van der Waals surface area contributed by atoms with Gasteiger partial charge in [-0.15, -0.1) is 0 Å². The van der Waals surface area contributed by atoms with Crippen LogP contribution in [0.25, 0.3) is 33.1 Å². The van der Waals surface area contributed by atoms with E-state index in [9.17, 15) is 0 Å². The standard InChI is InChI=1S/C18H13NO/c19-13-9-10-16-15(11-13)18-14(7-4-8-17(18)20-16)12-5-2-1-3-6-12/h1-11H,19H2. The van der Waals surface area contributed by atoms with Crippen LogP contribution in [0.4, 0.5) is 5.69 Å². The summed E-state index contributed by atoms with van der Waals surface area (Å²) in [5, 5.41) is 2.19. The summed E-state index contributed by atoms with van der Waals surface area (Å²) >= 11 is 0. The maximum absolute atomic E-state index is 5.92. The van der Waals surface area contributed by atoms with Crippen LogP contribution in [-0.4, -0.2) is 0 Å². The van der Waals surface area contributed by atoms with Gasteiger partial charge in [0.2, 0.25) is 0 Å². The molecular weight excluding hydrogens is 246 g/mol. The summed E-state index contributed by atoms with van der Waals surface area (Å²) in [4.78, 5) is 0. The molecule has 0 aliphatic carbocycles. The average Bonchev–Trinajstić information content (AvgIpc) is 2.86. The molecule has 0 bridgehead atoms. The van der Waals surface area contributed by atoms with Crippen molar-refractivity contribution in [2.24, 2.45) is 0 Å². The molecule has 4 aromatic rings. The second-order valence-corrected chi connectivity index (χ2v) is 4.90. The van der Waals surface area contributed by atoms with Gasteiger partial charge in [0.15, 0.2) is 0 Å². The van der Waals surface area contributed by atoms with E-state index in [0.29, 0.717) is 0 Å². The lowest BCUT2D eigenvalue weighted by atomic mass is 9.99. The summed E-state index contributed by atoms with van der Waals surface area (Å²) in [6.07, 6.45) is 0. The molecule has 2 heteroatoms. The molecule has 0 spiro atoms. The first-order valence-electron chi connectivity index (χ1n) is 6.59. The molecule has 0 fully saturated rings. The fraction of sp³-hybridized carbons (Fsp3) is 0. The Morgan fingerprint density at radius 1 is 0.750 bits per heavy atom. The van der Waals surface area contributed by atoms with E-state index >= 15 is 0 Å². The van der Waals surface area contributed by atoms with Gasteiger partial charge in [0, 0.05) is 16.5 Å². The maximum Gasteiger partial charge on any atom is 0.136 e. The van der Waals surface area contributed by atoms with Crippen LogP contribution in [0.1, 0.15) is 0 Å². The zero-order chi connectivity index (χ0) is 13.5. The van der Waals surface area contributed by atoms with E-state index < -0.39 is 0 Å². The van der Waals surface area contributed by atoms with E-state index in [-0.39, 0.29) is 0 Å². The van der Waals surface area contributed by atoms with Gasteiger partial charge in [-0.25, -0.2) is 0 Å². The monoisotopic (exact) mass is 259 g/mol. The van der Waals surface area contributed by atoms with Gasteiger partial charge in [0.25, 0.3) is 0 Å². The quantitative estimate of drug-likeness (QED) is 0.497. The molecule has 0 radical (unpaired) electrons. The predicted molar refractivity (Wildman–Crippen MR) is 83.6 cm³/mol. The van der Waals surface area contributed by atoms with Crippen molar-refractivity contribution in [2.45, 2.75) is 0 Å². The van der Waals surface area contributed by atoms with Crippen molar-refractivity contribution < 1.29 is 4.42 Å². The number of benzene rings is 3. The Hall–Kier alpha value is -2.74. The number of fused-ring (bicyclic) bond motifs is 3. The van der Waals surface area contributed by atoms with Gasteiger partial charge in [-0.2, -0.15) is 0 Å². The van der Waals surface area contributed by atoms with Gasteiger partial charge in [-0.3, -0.25) is 0 Å². The summed E-state index contributed by atoms with van der Waals surface area (Å²) in [5.74, 6) is 0. The van der Waals surface area contributed by atoms with Crippen molar-refractivity contribution in [1.82, 2.24) is 0 Å². The Kier molecular flexibility index (Phi) is 2.30. The van der Waals surface area contributed by atoms with Crippen LogP contribution in [0.5, 0.6) is 0 Å². The molecule has 96 valence electrons. The smallest absolute Gasteiger partial charge is 0.136 e. The molecule has 1 heterocycles. The fourth-order valence-corrected chi connectivity index (χ4v) is 2.70. The van der Waals surface area contributed by atoms with Crippen molar-refractivity contribution in [3.63, 3.8) is 0 Å². The van der Waals surface area contributed by atoms with E-state index in [1.165, 1.54) is 11.1 Å². The summed E-state index contributed by atoms with van der Waals surface area (Å²) in [6.45, 7) is 0. The highest BCUT2D eigenvalue weighted by Crippen LogP contribution is 2.37. The van der Waals surface area contributed by atoms with Crippen LogP contribution in [0.3, 0.4) is 0 Å². The lowest BCUT2D eigenvalue weighted by Crippen LogP contribution is -1.83. The molecule has 0 amide bonds. The van der Waals surface area contributed by atoms with Gasteiger partial charge in [-0.1, -0.05) is 42.5 Å². The minimum absolute atomic E-state index is 0.753. The number of anilines is 1. The van der Waals surface area contributed by atoms with Gasteiger partial charge in [0.05, 0.1) is 0 Å². The molecule has 0 saturated heterocycles. The van der Waals surface area contributed by atoms with E-state index in [4.69, 9.17) is 10.2 Å². The largest absolute Gasteiger partial charge is 0.456 e. The summed E-state index contributed by atoms with van der Waals surface area (Å²) in [5.41, 5.74) is 10.8. The van der Waals surface area contributed by atoms with E-state index in [1.807, 2.05) is 48.5 Å². The van der Waals surface area contributed by atoms with Crippen LogP contribution in [-0.2, 0) is 0 Å². The SMILES string of the molecule is Nc1ccc2oc3cccc(-c4ccccc4)c3c2c1. The number of nitrogen functional groups attached to an aromatic ring is 1. The number of hydrogen-bond acceptors (Lipinski definition) is 2. The van der Waals surface area contributed by atoms with Crippen molar-refractivity contribution in [2.75, 3.05) is 5.73 Å². The van der Waals surface area contributed by atoms with Crippen molar-refractivity contribution in [3.05, 3.63) is 66.7 Å². The Bertz CT molecular complexity index is 907. The highest BCUT2D eigenvalue weighted by atomic mass is 16.3. The minimum Gasteiger partial charge on any atom is -0.456 e. The first-order chi connectivity index (χ1) is 9.83. The van der Waals surface area contributed by atoms with Gasteiger partial charge in [-0.05, 0) is 35.4 Å². The predicted octanol–water partition coefficient (Wildman–Crippen LogP) is 4.84. The Morgan fingerprint density at radius 3 is 2.45 bits per heavy atom. The maximum atomic E-state index is 5.92. The first-order valence-corrected chi connectivity index (χ1v) is 6.59. The molecule has 3 aromatic carbocycles. The zero-order valence-electron chi connectivity index (χ0n) is 10.8. The summed E-state index contributed by atoms with van der Waals surface area (Å²) < 4.78 is 5.91. The fourth-order valence-electron chi connectivity index (χ4n) is 2.70. The van der Waals surface area contributed by atoms with E-state index in [0.717, 1.165) is 27.6 Å². The molecule has 4 rings (SSSR count). The lowest BCUT2D eigenvalue weighted by molar-refractivity contribution is 0.669. The molecule has 0 unspecified atom stereocenters. The molecule has 2 nitrogen and oxygen atoms in total. The number of hydrogen-bond donors (Lipinski definition) is 1. The third-order valence-electron chi connectivity index (χ3n) is 3.60. The molecule has 0 atom stereocenters. The van der Waals surface area contributed by atoms with Crippen molar-refractivity contribution in [1.29, 1.82) is 0 Å². The Labute approximate surface area is 116 Å². The lowest BCUT2D eigenvalue weighted by Gasteiger charge is -2.03. The molecule has 0 saturated carbocycles. The Morgan fingerprint density at radius 2 is 1.60 bits per heavy atom. The van der Waals surface area contributed by atoms with Crippen LogP contribution in [0, 0.1) is 0 Å². The van der Waals surface area contributed by atoms with Crippen LogP contribution in [0.2, 0.25) is 0 Å². The molecular formula is C18H13NO. The highest BCUT2D eigenvalue weighted by Gasteiger charge is 2.12. The van der Waals surface area contributed by atoms with Gasteiger partial charge in [0.1, 0.15) is 11.2 Å². The highest BCUT2D eigenvalue weighted by molar-refractivity contribution is 6.13. The first kappa shape index (κ1) is 11.1. The second kappa shape index (κ2) is 4.14. The summed E-state index contributed by atoms with van der Waals surface area (Å²) in [6, 6.07) is 22.3. The third kappa shape index (κ3) is 1.58. The number of furan rings is 1. The molecule has 0 aliphatic heterocycles.